The fourth-order valence-electron chi connectivity index (χ4n) is 2.91. The van der Waals surface area contributed by atoms with Crippen LogP contribution in [0.15, 0.2) is 53.5 Å². The van der Waals surface area contributed by atoms with Crippen LogP contribution in [0.2, 0.25) is 0 Å². The first-order valence-corrected chi connectivity index (χ1v) is 7.84. The van der Waals surface area contributed by atoms with Crippen LogP contribution in [-0.2, 0) is 6.54 Å². The van der Waals surface area contributed by atoms with Gasteiger partial charge in [-0.3, -0.25) is 9.36 Å². The Morgan fingerprint density at radius 2 is 1.79 bits per heavy atom. The Kier molecular flexibility index (Phi) is 6.23. The third-order valence-corrected chi connectivity index (χ3v) is 4.05. The van der Waals surface area contributed by atoms with Crippen LogP contribution >= 0.6 is 0 Å². The number of pyridine rings is 1. The number of nitrogens with one attached hydrogen (secondary N) is 1. The van der Waals surface area contributed by atoms with Crippen molar-refractivity contribution in [3.05, 3.63) is 70.1 Å². The number of benzene rings is 1. The molecule has 2 unspecified atom stereocenters. The van der Waals surface area contributed by atoms with Gasteiger partial charge in [-0.25, -0.2) is 0 Å². The quantitative estimate of drug-likeness (QED) is 0.845. The van der Waals surface area contributed by atoms with Crippen LogP contribution in [0.5, 0.6) is 0 Å². The molecule has 0 aliphatic heterocycles. The van der Waals surface area contributed by atoms with Gasteiger partial charge in [0, 0.05) is 30.4 Å². The highest BCUT2D eigenvalue weighted by Crippen LogP contribution is 2.22. The Balaban J connectivity index is 2.13. The van der Waals surface area contributed by atoms with E-state index in [2.05, 4.69) is 22.3 Å². The lowest BCUT2D eigenvalue weighted by Gasteiger charge is -2.31. The molecule has 1 aromatic carbocycles. The Labute approximate surface area is 140 Å². The van der Waals surface area contributed by atoms with Crippen LogP contribution < -0.4 is 10.9 Å². The van der Waals surface area contributed by atoms with E-state index in [-0.39, 0.29) is 18.6 Å². The maximum atomic E-state index is 12.8. The van der Waals surface area contributed by atoms with Crippen LogP contribution in [0.1, 0.15) is 30.6 Å². The van der Waals surface area contributed by atoms with Crippen molar-refractivity contribution in [2.75, 3.05) is 14.1 Å². The van der Waals surface area contributed by atoms with E-state index in [1.807, 2.05) is 39.2 Å². The first-order chi connectivity index (χ1) is 11.4. The van der Waals surface area contributed by atoms with Crippen molar-refractivity contribution in [1.82, 2.24) is 14.8 Å². The minimum atomic E-state index is -2.83. The molecule has 4 nitrogen and oxygen atoms in total. The summed E-state index contributed by atoms with van der Waals surface area (Å²) in [6.45, 7) is -0.564. The maximum absolute atomic E-state index is 12.8. The van der Waals surface area contributed by atoms with Gasteiger partial charge in [0.2, 0.25) is 0 Å². The van der Waals surface area contributed by atoms with Crippen LogP contribution in [0.25, 0.3) is 0 Å². The highest BCUT2D eigenvalue weighted by atomic mass is 19.3. The molecule has 0 aliphatic carbocycles. The van der Waals surface area contributed by atoms with Gasteiger partial charge in [0.1, 0.15) is 0 Å². The van der Waals surface area contributed by atoms with Gasteiger partial charge in [-0.1, -0.05) is 36.4 Å². The molecule has 0 amide bonds. The van der Waals surface area contributed by atoms with E-state index in [1.165, 1.54) is 6.07 Å². The molecule has 1 aromatic heterocycles. The van der Waals surface area contributed by atoms with Gasteiger partial charge in [-0.2, -0.15) is 8.78 Å². The lowest BCUT2D eigenvalue weighted by atomic mass is 9.99. The molecule has 1 N–H and O–H groups in total. The van der Waals surface area contributed by atoms with Gasteiger partial charge in [-0.15, -0.1) is 0 Å². The van der Waals surface area contributed by atoms with E-state index in [1.54, 1.807) is 6.07 Å². The predicted molar refractivity (Wildman–Crippen MR) is 91.1 cm³/mol. The van der Waals surface area contributed by atoms with Crippen LogP contribution in [0.3, 0.4) is 0 Å². The topological polar surface area (TPSA) is 37.3 Å². The Hall–Kier alpha value is -2.05. The normalized spacial score (nSPS) is 14.1. The molecular weight excluding hydrogens is 312 g/mol. The molecule has 0 saturated heterocycles. The summed E-state index contributed by atoms with van der Waals surface area (Å²) in [6, 6.07) is 13.2. The molecular formula is C18H23F2N3O. The van der Waals surface area contributed by atoms with E-state index >= 15 is 0 Å². The number of aromatic nitrogens is 1. The zero-order valence-electron chi connectivity index (χ0n) is 14.1. The molecule has 0 bridgehead atoms. The summed E-state index contributed by atoms with van der Waals surface area (Å²) in [5.74, 6) is 0. The third-order valence-electron chi connectivity index (χ3n) is 4.05. The van der Waals surface area contributed by atoms with Crippen molar-refractivity contribution in [1.29, 1.82) is 0 Å². The van der Waals surface area contributed by atoms with E-state index < -0.39 is 12.1 Å². The lowest BCUT2D eigenvalue weighted by Crippen LogP contribution is -2.40. The predicted octanol–water partition coefficient (Wildman–Crippen LogP) is 3.02. The second kappa shape index (κ2) is 8.17. The van der Waals surface area contributed by atoms with E-state index in [0.717, 1.165) is 11.8 Å². The largest absolute Gasteiger partial charge is 0.321 e. The average molecular weight is 335 g/mol. The molecule has 2 atom stereocenters. The van der Waals surface area contributed by atoms with Crippen molar-refractivity contribution < 1.29 is 8.78 Å². The van der Waals surface area contributed by atoms with E-state index in [4.69, 9.17) is 0 Å². The SMILES string of the molecule is CC(NCc1cccn(C(F)F)c1=O)C(c1ccccc1)N(C)C. The van der Waals surface area contributed by atoms with Crippen molar-refractivity contribution in [3.63, 3.8) is 0 Å². The highest BCUT2D eigenvalue weighted by molar-refractivity contribution is 5.20. The average Bonchev–Trinajstić information content (AvgIpc) is 2.54. The Bertz CT molecular complexity index is 701. The monoisotopic (exact) mass is 335 g/mol. The van der Waals surface area contributed by atoms with Gasteiger partial charge in [0.25, 0.3) is 5.56 Å². The second-order valence-electron chi connectivity index (χ2n) is 6.01. The standard InChI is InChI=1S/C18H23F2N3O/c1-13(16(22(2)3)14-8-5-4-6-9-14)21-12-15-10-7-11-23(17(15)24)18(19)20/h4-11,13,16,18,21H,12H2,1-3H3. The zero-order valence-corrected chi connectivity index (χ0v) is 14.1. The lowest BCUT2D eigenvalue weighted by molar-refractivity contribution is 0.0659. The van der Waals surface area contributed by atoms with E-state index in [0.29, 0.717) is 10.1 Å². The molecule has 0 spiro atoms. The zero-order chi connectivity index (χ0) is 17.7. The Morgan fingerprint density at radius 1 is 1.12 bits per heavy atom. The molecule has 0 aliphatic rings. The maximum Gasteiger partial charge on any atom is 0.321 e. The van der Waals surface area contributed by atoms with Gasteiger partial charge in [0.15, 0.2) is 0 Å². The molecule has 130 valence electrons. The summed E-state index contributed by atoms with van der Waals surface area (Å²) in [6.07, 6.45) is 1.10. The molecule has 24 heavy (non-hydrogen) atoms. The van der Waals surface area contributed by atoms with Gasteiger partial charge < -0.3 is 10.2 Å². The van der Waals surface area contributed by atoms with Gasteiger partial charge in [0.05, 0.1) is 0 Å². The Morgan fingerprint density at radius 3 is 2.38 bits per heavy atom. The fourth-order valence-corrected chi connectivity index (χ4v) is 2.91. The third kappa shape index (κ3) is 4.27. The minimum absolute atomic E-state index is 0.0296. The smallest absolute Gasteiger partial charge is 0.308 e. The summed E-state index contributed by atoms with van der Waals surface area (Å²) in [5.41, 5.74) is 0.823. The summed E-state index contributed by atoms with van der Waals surface area (Å²) in [5, 5.41) is 3.29. The first-order valence-electron chi connectivity index (χ1n) is 7.84. The van der Waals surface area contributed by atoms with Gasteiger partial charge in [-0.05, 0) is 32.6 Å². The molecule has 0 fully saturated rings. The first kappa shape index (κ1) is 18.3. The fraction of sp³-hybridized carbons (Fsp3) is 0.389. The second-order valence-corrected chi connectivity index (χ2v) is 6.01. The number of likely N-dealkylation sites (N-methyl/N-ethyl adjacent to an activating group) is 1. The molecule has 2 aromatic rings. The summed E-state index contributed by atoms with van der Waals surface area (Å²) >= 11 is 0. The molecule has 0 radical (unpaired) electrons. The van der Waals surface area contributed by atoms with Crippen LogP contribution in [-0.4, -0.2) is 29.6 Å². The number of halogens is 2. The van der Waals surface area contributed by atoms with Crippen molar-refractivity contribution in [2.45, 2.75) is 32.1 Å². The van der Waals surface area contributed by atoms with Crippen molar-refractivity contribution in [3.8, 4) is 0 Å². The van der Waals surface area contributed by atoms with E-state index in [9.17, 15) is 13.6 Å². The number of hydrogen-bond donors (Lipinski definition) is 1. The molecule has 1 heterocycles. The molecule has 2 rings (SSSR count). The highest BCUT2D eigenvalue weighted by Gasteiger charge is 2.21. The van der Waals surface area contributed by atoms with Gasteiger partial charge >= 0.3 is 6.55 Å². The summed E-state index contributed by atoms with van der Waals surface area (Å²) in [7, 11) is 3.98. The molecule has 6 heteroatoms. The summed E-state index contributed by atoms with van der Waals surface area (Å²) in [4.78, 5) is 14.1. The number of rotatable bonds is 7. The summed E-state index contributed by atoms with van der Waals surface area (Å²) < 4.78 is 26.0. The minimum Gasteiger partial charge on any atom is -0.308 e. The van der Waals surface area contributed by atoms with Crippen molar-refractivity contribution >= 4 is 0 Å². The molecule has 0 saturated carbocycles. The van der Waals surface area contributed by atoms with Crippen molar-refractivity contribution in [2.24, 2.45) is 0 Å². The number of hydrogen-bond acceptors (Lipinski definition) is 3. The van der Waals surface area contributed by atoms with Crippen LogP contribution in [0.4, 0.5) is 8.78 Å². The number of nitrogens with zero attached hydrogens (tertiary/aromatic N) is 2. The number of alkyl halides is 2. The van der Waals surface area contributed by atoms with Crippen LogP contribution in [0, 0.1) is 0 Å².